The zero-order valence-corrected chi connectivity index (χ0v) is 12.9. The summed E-state index contributed by atoms with van der Waals surface area (Å²) in [4.78, 5) is 23.3. The van der Waals surface area contributed by atoms with Crippen LogP contribution in [0.3, 0.4) is 0 Å². The maximum atomic E-state index is 13.5. The van der Waals surface area contributed by atoms with Gasteiger partial charge in [0, 0.05) is 5.56 Å². The fourth-order valence-corrected chi connectivity index (χ4v) is 1.90. The van der Waals surface area contributed by atoms with Crippen molar-refractivity contribution in [3.8, 4) is 5.75 Å². The van der Waals surface area contributed by atoms with Crippen molar-refractivity contribution in [2.24, 2.45) is 0 Å². The van der Waals surface area contributed by atoms with E-state index in [1.165, 1.54) is 19.9 Å². The van der Waals surface area contributed by atoms with Crippen molar-refractivity contribution in [3.05, 3.63) is 59.4 Å². The number of benzene rings is 2. The molecular weight excluding hydrogens is 323 g/mol. The largest absolute Gasteiger partial charge is 0.481 e. The second kappa shape index (κ2) is 7.16. The number of anilines is 1. The molecule has 2 rings (SSSR count). The molecule has 1 N–H and O–H groups in total. The van der Waals surface area contributed by atoms with Crippen molar-refractivity contribution < 1.29 is 27.5 Å². The topological polar surface area (TPSA) is 55.4 Å². The number of halogens is 3. The van der Waals surface area contributed by atoms with E-state index in [1.807, 2.05) is 0 Å². The van der Waals surface area contributed by atoms with Gasteiger partial charge in [0.25, 0.3) is 5.91 Å². The lowest BCUT2D eigenvalue weighted by atomic mass is 10.1. The molecule has 126 valence electrons. The van der Waals surface area contributed by atoms with Crippen LogP contribution >= 0.6 is 0 Å². The lowest BCUT2D eigenvalue weighted by molar-refractivity contribution is -0.122. The molecule has 0 saturated heterocycles. The number of nitrogens with one attached hydrogen (secondary N) is 1. The lowest BCUT2D eigenvalue weighted by Crippen LogP contribution is -2.30. The average molecular weight is 337 g/mol. The first kappa shape index (κ1) is 17.5. The van der Waals surface area contributed by atoms with E-state index >= 15 is 0 Å². The van der Waals surface area contributed by atoms with Gasteiger partial charge in [0.15, 0.2) is 29.3 Å². The van der Waals surface area contributed by atoms with Crippen molar-refractivity contribution in [2.45, 2.75) is 20.0 Å². The Balaban J connectivity index is 2.09. The van der Waals surface area contributed by atoms with Crippen LogP contribution in [0.5, 0.6) is 5.75 Å². The van der Waals surface area contributed by atoms with Gasteiger partial charge >= 0.3 is 0 Å². The van der Waals surface area contributed by atoms with Crippen molar-refractivity contribution >= 4 is 17.4 Å². The number of ketones is 1. The Morgan fingerprint density at radius 2 is 1.79 bits per heavy atom. The molecule has 0 spiro atoms. The Morgan fingerprint density at radius 1 is 1.08 bits per heavy atom. The van der Waals surface area contributed by atoms with Crippen LogP contribution < -0.4 is 10.1 Å². The zero-order chi connectivity index (χ0) is 17.9. The quantitative estimate of drug-likeness (QED) is 0.668. The van der Waals surface area contributed by atoms with Gasteiger partial charge in [-0.05, 0) is 38.1 Å². The molecule has 24 heavy (non-hydrogen) atoms. The third kappa shape index (κ3) is 3.92. The smallest absolute Gasteiger partial charge is 0.265 e. The second-order valence-corrected chi connectivity index (χ2v) is 5.06. The normalized spacial score (nSPS) is 11.7. The number of rotatable bonds is 5. The minimum absolute atomic E-state index is 0.165. The average Bonchev–Trinajstić information content (AvgIpc) is 2.55. The molecule has 1 atom stereocenters. The highest BCUT2D eigenvalue weighted by atomic mass is 19.2. The summed E-state index contributed by atoms with van der Waals surface area (Å²) in [6.45, 7) is 2.79. The third-order valence-corrected chi connectivity index (χ3v) is 3.22. The lowest BCUT2D eigenvalue weighted by Gasteiger charge is -2.15. The molecule has 0 aliphatic heterocycles. The van der Waals surface area contributed by atoms with Gasteiger partial charge < -0.3 is 10.1 Å². The molecule has 0 aliphatic rings. The minimum Gasteiger partial charge on any atom is -0.481 e. The molecular formula is C17H14F3NO3. The van der Waals surface area contributed by atoms with Crippen molar-refractivity contribution in [3.63, 3.8) is 0 Å². The van der Waals surface area contributed by atoms with E-state index in [0.29, 0.717) is 11.6 Å². The number of amides is 1. The predicted molar refractivity (Wildman–Crippen MR) is 81.5 cm³/mol. The summed E-state index contributed by atoms with van der Waals surface area (Å²) in [5.74, 6) is -5.16. The Kier molecular flexibility index (Phi) is 5.23. The van der Waals surface area contributed by atoms with Crippen LogP contribution in [0.4, 0.5) is 18.9 Å². The number of hydrogen-bond acceptors (Lipinski definition) is 3. The second-order valence-electron chi connectivity index (χ2n) is 5.06. The summed E-state index contributed by atoms with van der Waals surface area (Å²) in [5, 5.41) is 2.12. The number of Topliss-reactive ketones (excluding diaryl/α,β-unsaturated/α-hetero) is 1. The van der Waals surface area contributed by atoms with Crippen LogP contribution in [0.25, 0.3) is 0 Å². The Hall–Kier alpha value is -2.83. The molecule has 0 bridgehead atoms. The van der Waals surface area contributed by atoms with E-state index < -0.39 is 35.2 Å². The van der Waals surface area contributed by atoms with Gasteiger partial charge in [-0.2, -0.15) is 0 Å². The molecule has 0 saturated carbocycles. The highest BCUT2D eigenvalue weighted by molar-refractivity contribution is 5.95. The summed E-state index contributed by atoms with van der Waals surface area (Å²) >= 11 is 0. The Morgan fingerprint density at radius 3 is 2.46 bits per heavy atom. The number of ether oxygens (including phenoxy) is 1. The van der Waals surface area contributed by atoms with Gasteiger partial charge in [-0.1, -0.05) is 12.1 Å². The maximum Gasteiger partial charge on any atom is 0.265 e. The van der Waals surface area contributed by atoms with E-state index in [9.17, 15) is 22.8 Å². The molecule has 0 radical (unpaired) electrons. The maximum absolute atomic E-state index is 13.5. The summed E-state index contributed by atoms with van der Waals surface area (Å²) in [5.41, 5.74) is -0.0846. The summed E-state index contributed by atoms with van der Waals surface area (Å²) in [6.07, 6.45) is -1.06. The van der Waals surface area contributed by atoms with E-state index in [0.717, 1.165) is 6.07 Å². The van der Waals surface area contributed by atoms with E-state index in [-0.39, 0.29) is 11.5 Å². The van der Waals surface area contributed by atoms with Gasteiger partial charge in [0.2, 0.25) is 0 Å². The van der Waals surface area contributed by atoms with Crippen molar-refractivity contribution in [1.29, 1.82) is 0 Å². The standard InChI is InChI=1S/C17H14F3NO3/c1-9(22)11-4-3-5-12(8-11)24-10(2)17(23)21-14-7-6-13(18)15(19)16(14)20/h3-8,10H,1-2H3,(H,21,23). The van der Waals surface area contributed by atoms with Crippen LogP contribution in [0.2, 0.25) is 0 Å². The summed E-state index contributed by atoms with van der Waals surface area (Å²) < 4.78 is 44.9. The van der Waals surface area contributed by atoms with Gasteiger partial charge in [-0.15, -0.1) is 0 Å². The SMILES string of the molecule is CC(=O)c1cccc(OC(C)C(=O)Nc2ccc(F)c(F)c2F)c1. The molecule has 0 aromatic heterocycles. The number of carbonyl (C=O) groups is 2. The molecule has 1 unspecified atom stereocenters. The third-order valence-electron chi connectivity index (χ3n) is 3.22. The Bertz CT molecular complexity index is 793. The summed E-state index contributed by atoms with van der Waals surface area (Å²) in [7, 11) is 0. The summed E-state index contributed by atoms with van der Waals surface area (Å²) in [6, 6.07) is 7.81. The molecule has 2 aromatic rings. The van der Waals surface area contributed by atoms with E-state index in [4.69, 9.17) is 4.74 Å². The molecule has 0 fully saturated rings. The number of hydrogen-bond donors (Lipinski definition) is 1. The first-order valence-corrected chi connectivity index (χ1v) is 7.01. The molecule has 7 heteroatoms. The fraction of sp³-hybridized carbons (Fsp3) is 0.176. The highest BCUT2D eigenvalue weighted by Gasteiger charge is 2.19. The molecule has 2 aromatic carbocycles. The van der Waals surface area contributed by atoms with Crippen LogP contribution in [0.1, 0.15) is 24.2 Å². The van der Waals surface area contributed by atoms with Gasteiger partial charge in [0.05, 0.1) is 5.69 Å². The van der Waals surface area contributed by atoms with Gasteiger partial charge in [0.1, 0.15) is 5.75 Å². The van der Waals surface area contributed by atoms with Gasteiger partial charge in [-0.3, -0.25) is 9.59 Å². The van der Waals surface area contributed by atoms with Crippen LogP contribution in [0.15, 0.2) is 36.4 Å². The molecule has 0 heterocycles. The molecule has 1 amide bonds. The minimum atomic E-state index is -1.67. The van der Waals surface area contributed by atoms with Crippen LogP contribution in [-0.2, 0) is 4.79 Å². The first-order chi connectivity index (χ1) is 11.3. The van der Waals surface area contributed by atoms with Crippen molar-refractivity contribution in [2.75, 3.05) is 5.32 Å². The van der Waals surface area contributed by atoms with Gasteiger partial charge in [-0.25, -0.2) is 13.2 Å². The number of carbonyl (C=O) groups excluding carboxylic acids is 2. The highest BCUT2D eigenvalue weighted by Crippen LogP contribution is 2.21. The Labute approximate surface area is 136 Å². The monoisotopic (exact) mass is 337 g/mol. The first-order valence-electron chi connectivity index (χ1n) is 7.01. The molecule has 4 nitrogen and oxygen atoms in total. The molecule has 0 aliphatic carbocycles. The van der Waals surface area contributed by atoms with E-state index in [2.05, 4.69) is 5.32 Å². The van der Waals surface area contributed by atoms with E-state index in [1.54, 1.807) is 18.2 Å². The van der Waals surface area contributed by atoms with Crippen molar-refractivity contribution in [1.82, 2.24) is 0 Å². The van der Waals surface area contributed by atoms with Crippen LogP contribution in [-0.4, -0.2) is 17.8 Å². The zero-order valence-electron chi connectivity index (χ0n) is 12.9. The van der Waals surface area contributed by atoms with Crippen LogP contribution in [0, 0.1) is 17.5 Å². The fourth-order valence-electron chi connectivity index (χ4n) is 1.90. The predicted octanol–water partition coefficient (Wildman–Crippen LogP) is 3.71.